The zero-order chi connectivity index (χ0) is 15.2. The van der Waals surface area contributed by atoms with Gasteiger partial charge in [-0.1, -0.05) is 23.4 Å². The molecule has 0 bridgehead atoms. The maximum atomic E-state index is 13.5. The quantitative estimate of drug-likeness (QED) is 0.837. The minimum Gasteiger partial charge on any atom is -0.320 e. The lowest BCUT2D eigenvalue weighted by Crippen LogP contribution is -2.14. The normalized spacial score (nSPS) is 9.67. The van der Waals surface area contributed by atoms with Gasteiger partial charge in [0, 0.05) is 11.8 Å². The smallest absolute Gasteiger partial charge is 0.258 e. The van der Waals surface area contributed by atoms with E-state index in [1.54, 1.807) is 18.2 Å². The third-order valence-electron chi connectivity index (χ3n) is 2.57. The maximum Gasteiger partial charge on any atom is 0.258 e. The van der Waals surface area contributed by atoms with Crippen molar-refractivity contribution in [2.45, 2.75) is 0 Å². The Balaban J connectivity index is 2.27. The van der Waals surface area contributed by atoms with Crippen molar-refractivity contribution < 1.29 is 9.18 Å². The van der Waals surface area contributed by atoms with Crippen LogP contribution >= 0.6 is 11.6 Å². The molecule has 0 radical (unpaired) electrons. The molecule has 2 rings (SSSR count). The molecule has 0 atom stereocenters. The Bertz CT molecular complexity index is 737. The van der Waals surface area contributed by atoms with Crippen LogP contribution in [-0.4, -0.2) is 17.4 Å². The molecular formula is C15H11ClFN3O. The number of hydrogen-bond donors (Lipinski definition) is 2. The van der Waals surface area contributed by atoms with Gasteiger partial charge in [0.05, 0.1) is 29.0 Å². The Morgan fingerprint density at radius 1 is 1.43 bits per heavy atom. The number of halogens is 2. The Kier molecular flexibility index (Phi) is 4.88. The van der Waals surface area contributed by atoms with E-state index in [1.807, 2.05) is 0 Å². The van der Waals surface area contributed by atoms with Gasteiger partial charge in [-0.05, 0) is 24.3 Å². The zero-order valence-electron chi connectivity index (χ0n) is 10.9. The van der Waals surface area contributed by atoms with Crippen LogP contribution in [0.5, 0.6) is 0 Å². The summed E-state index contributed by atoms with van der Waals surface area (Å²) in [5.74, 6) is 4.21. The van der Waals surface area contributed by atoms with Crippen LogP contribution in [0.3, 0.4) is 0 Å². The summed E-state index contributed by atoms with van der Waals surface area (Å²) >= 11 is 6.01. The van der Waals surface area contributed by atoms with Crippen molar-refractivity contribution in [1.29, 1.82) is 0 Å². The number of nitrogens with one attached hydrogen (secondary N) is 1. The number of benzene rings is 1. The summed E-state index contributed by atoms with van der Waals surface area (Å²) in [4.78, 5) is 15.6. The Hall–Kier alpha value is -2.42. The van der Waals surface area contributed by atoms with Crippen molar-refractivity contribution >= 4 is 23.2 Å². The van der Waals surface area contributed by atoms with E-state index in [-0.39, 0.29) is 12.1 Å². The molecule has 6 heteroatoms. The van der Waals surface area contributed by atoms with Gasteiger partial charge < -0.3 is 11.1 Å². The van der Waals surface area contributed by atoms with Gasteiger partial charge >= 0.3 is 0 Å². The van der Waals surface area contributed by atoms with Crippen LogP contribution in [0.2, 0.25) is 5.02 Å². The highest BCUT2D eigenvalue weighted by Crippen LogP contribution is 2.23. The van der Waals surface area contributed by atoms with Crippen LogP contribution in [0.25, 0.3) is 0 Å². The summed E-state index contributed by atoms with van der Waals surface area (Å²) in [5, 5.41) is 2.88. The van der Waals surface area contributed by atoms with E-state index in [2.05, 4.69) is 22.1 Å². The molecule has 1 amide bonds. The monoisotopic (exact) mass is 303 g/mol. The molecule has 0 aliphatic rings. The molecule has 1 aromatic carbocycles. The lowest BCUT2D eigenvalue weighted by molar-refractivity contribution is 0.102. The van der Waals surface area contributed by atoms with Crippen molar-refractivity contribution in [2.75, 3.05) is 11.9 Å². The van der Waals surface area contributed by atoms with Gasteiger partial charge in [-0.3, -0.25) is 9.78 Å². The van der Waals surface area contributed by atoms with Crippen LogP contribution in [0.15, 0.2) is 36.7 Å². The number of rotatable bonds is 2. The first-order chi connectivity index (χ1) is 10.1. The molecule has 0 spiro atoms. The number of hydrogen-bond acceptors (Lipinski definition) is 3. The van der Waals surface area contributed by atoms with Gasteiger partial charge in [-0.2, -0.15) is 0 Å². The van der Waals surface area contributed by atoms with Gasteiger partial charge in [0.1, 0.15) is 0 Å². The maximum absolute atomic E-state index is 13.5. The number of carbonyl (C=O) groups is 1. The van der Waals surface area contributed by atoms with Gasteiger partial charge in [0.25, 0.3) is 5.91 Å². The molecular weight excluding hydrogens is 293 g/mol. The Morgan fingerprint density at radius 3 is 2.95 bits per heavy atom. The standard InChI is InChI=1S/C15H11ClFN3O/c16-12-4-3-10(2-1-6-18)8-14(12)20-15(21)11-5-7-19-9-13(11)17/h3-5,7-9H,6,18H2,(H,20,21). The Labute approximate surface area is 126 Å². The number of nitrogens with zero attached hydrogens (tertiary/aromatic N) is 1. The first kappa shape index (κ1) is 15.0. The molecule has 0 saturated heterocycles. The predicted molar refractivity (Wildman–Crippen MR) is 79.5 cm³/mol. The molecule has 1 heterocycles. The second kappa shape index (κ2) is 6.84. The molecule has 0 aliphatic heterocycles. The van der Waals surface area contributed by atoms with Crippen LogP contribution in [0.4, 0.5) is 10.1 Å². The molecule has 2 aromatic rings. The molecule has 1 aromatic heterocycles. The number of amides is 1. The minimum atomic E-state index is -0.704. The summed E-state index contributed by atoms with van der Waals surface area (Å²) in [7, 11) is 0. The average Bonchev–Trinajstić information content (AvgIpc) is 2.48. The SMILES string of the molecule is NCC#Cc1ccc(Cl)c(NC(=O)c2ccncc2F)c1. The van der Waals surface area contributed by atoms with Crippen molar-refractivity contribution in [1.82, 2.24) is 4.98 Å². The van der Waals surface area contributed by atoms with Crippen molar-refractivity contribution in [2.24, 2.45) is 5.73 Å². The van der Waals surface area contributed by atoms with Gasteiger partial charge in [-0.15, -0.1) is 0 Å². The van der Waals surface area contributed by atoms with E-state index in [0.717, 1.165) is 6.20 Å². The summed E-state index contributed by atoms with van der Waals surface area (Å²) in [6, 6.07) is 6.19. The Morgan fingerprint density at radius 2 is 2.24 bits per heavy atom. The van der Waals surface area contributed by atoms with E-state index in [9.17, 15) is 9.18 Å². The van der Waals surface area contributed by atoms with Crippen LogP contribution < -0.4 is 11.1 Å². The second-order valence-corrected chi connectivity index (χ2v) is 4.42. The van der Waals surface area contributed by atoms with Gasteiger partial charge in [0.15, 0.2) is 5.82 Å². The molecule has 0 unspecified atom stereocenters. The number of carbonyl (C=O) groups excluding carboxylic acids is 1. The summed E-state index contributed by atoms with van der Waals surface area (Å²) in [6.07, 6.45) is 2.31. The summed E-state index contributed by atoms with van der Waals surface area (Å²) < 4.78 is 13.5. The van der Waals surface area contributed by atoms with Crippen molar-refractivity contribution in [3.63, 3.8) is 0 Å². The van der Waals surface area contributed by atoms with Crippen LogP contribution in [-0.2, 0) is 0 Å². The molecule has 0 aliphatic carbocycles. The first-order valence-corrected chi connectivity index (χ1v) is 6.39. The van der Waals surface area contributed by atoms with E-state index in [4.69, 9.17) is 17.3 Å². The van der Waals surface area contributed by atoms with Crippen LogP contribution in [0, 0.1) is 17.7 Å². The van der Waals surface area contributed by atoms with Gasteiger partial charge in [-0.25, -0.2) is 4.39 Å². The molecule has 3 N–H and O–H groups in total. The zero-order valence-corrected chi connectivity index (χ0v) is 11.6. The van der Waals surface area contributed by atoms with E-state index >= 15 is 0 Å². The fourth-order valence-corrected chi connectivity index (χ4v) is 1.77. The fraction of sp³-hybridized carbons (Fsp3) is 0.0667. The van der Waals surface area contributed by atoms with E-state index < -0.39 is 11.7 Å². The summed E-state index contributed by atoms with van der Waals surface area (Å²) in [5.41, 5.74) is 6.19. The number of anilines is 1. The first-order valence-electron chi connectivity index (χ1n) is 6.01. The molecule has 21 heavy (non-hydrogen) atoms. The number of nitrogens with two attached hydrogens (primary N) is 1. The number of pyridine rings is 1. The second-order valence-electron chi connectivity index (χ2n) is 4.01. The molecule has 106 valence electrons. The topological polar surface area (TPSA) is 68.0 Å². The number of aromatic nitrogens is 1. The highest BCUT2D eigenvalue weighted by molar-refractivity contribution is 6.34. The lowest BCUT2D eigenvalue weighted by atomic mass is 10.2. The lowest BCUT2D eigenvalue weighted by Gasteiger charge is -2.08. The van der Waals surface area contributed by atoms with Crippen LogP contribution in [0.1, 0.15) is 15.9 Å². The highest BCUT2D eigenvalue weighted by Gasteiger charge is 2.13. The fourth-order valence-electron chi connectivity index (χ4n) is 1.60. The molecule has 4 nitrogen and oxygen atoms in total. The minimum absolute atomic E-state index is 0.112. The van der Waals surface area contributed by atoms with Crippen molar-refractivity contribution in [3.8, 4) is 11.8 Å². The highest BCUT2D eigenvalue weighted by atomic mass is 35.5. The molecule has 0 saturated carbocycles. The largest absolute Gasteiger partial charge is 0.320 e. The van der Waals surface area contributed by atoms with E-state index in [0.29, 0.717) is 16.3 Å². The third-order valence-corrected chi connectivity index (χ3v) is 2.90. The average molecular weight is 304 g/mol. The van der Waals surface area contributed by atoms with Gasteiger partial charge in [0.2, 0.25) is 0 Å². The van der Waals surface area contributed by atoms with E-state index in [1.165, 1.54) is 12.3 Å². The van der Waals surface area contributed by atoms with Crippen molar-refractivity contribution in [3.05, 3.63) is 58.6 Å². The third kappa shape index (κ3) is 3.78. The summed E-state index contributed by atoms with van der Waals surface area (Å²) in [6.45, 7) is 0.229. The predicted octanol–water partition coefficient (Wildman–Crippen LogP) is 2.44. The molecule has 0 fully saturated rings.